The van der Waals surface area contributed by atoms with E-state index in [9.17, 15) is 19.5 Å². The van der Waals surface area contributed by atoms with E-state index in [2.05, 4.69) is 16.3 Å². The number of imide groups is 1. The lowest BCUT2D eigenvalue weighted by Crippen LogP contribution is -2.52. The highest BCUT2D eigenvalue weighted by atomic mass is 19.1. The van der Waals surface area contributed by atoms with Crippen molar-refractivity contribution in [3.05, 3.63) is 64.0 Å². The lowest BCUT2D eigenvalue weighted by Gasteiger charge is -2.32. The van der Waals surface area contributed by atoms with E-state index in [0.717, 1.165) is 49.2 Å². The molecule has 1 unspecified atom stereocenters. The first-order chi connectivity index (χ1) is 16.3. The van der Waals surface area contributed by atoms with E-state index >= 15 is 4.39 Å². The van der Waals surface area contributed by atoms with E-state index in [-0.39, 0.29) is 48.7 Å². The summed E-state index contributed by atoms with van der Waals surface area (Å²) in [4.78, 5) is 40.4. The molecule has 5 rings (SSSR count). The average Bonchev–Trinajstić information content (AvgIpc) is 3.08. The van der Waals surface area contributed by atoms with Crippen molar-refractivity contribution in [2.75, 3.05) is 13.1 Å². The van der Waals surface area contributed by atoms with Crippen LogP contribution in [0.2, 0.25) is 0 Å². The molecule has 3 aliphatic heterocycles. The third-order valence-electron chi connectivity index (χ3n) is 7.20. The van der Waals surface area contributed by atoms with Gasteiger partial charge in [-0.05, 0) is 85.6 Å². The smallest absolute Gasteiger partial charge is 0.255 e. The molecule has 2 aromatic rings. The number of benzene rings is 2. The normalized spacial score (nSPS) is 21.6. The van der Waals surface area contributed by atoms with Crippen molar-refractivity contribution in [3.8, 4) is 5.75 Å². The van der Waals surface area contributed by atoms with Crippen molar-refractivity contribution in [2.24, 2.45) is 0 Å². The number of carbonyl (C=O) groups is 3. The van der Waals surface area contributed by atoms with Crippen LogP contribution in [-0.2, 0) is 22.7 Å². The Kier molecular flexibility index (Phi) is 5.85. The predicted octanol–water partition coefficient (Wildman–Crippen LogP) is 2.98. The fourth-order valence-electron chi connectivity index (χ4n) is 5.51. The van der Waals surface area contributed by atoms with E-state index in [4.69, 9.17) is 0 Å². The number of phenolic OH excluding ortho intramolecular Hbond substituents is 1. The van der Waals surface area contributed by atoms with Crippen LogP contribution in [0.5, 0.6) is 5.75 Å². The van der Waals surface area contributed by atoms with Crippen molar-refractivity contribution in [1.82, 2.24) is 15.1 Å². The molecule has 0 radical (unpaired) electrons. The first-order valence-electron chi connectivity index (χ1n) is 11.8. The highest BCUT2D eigenvalue weighted by molar-refractivity contribution is 6.05. The first kappa shape index (κ1) is 22.5. The maximum absolute atomic E-state index is 15.1. The molecular weight excluding hydrogens is 437 g/mol. The predicted molar refractivity (Wildman–Crippen MR) is 123 cm³/mol. The molecule has 0 saturated carbocycles. The lowest BCUT2D eigenvalue weighted by atomic mass is 9.87. The number of rotatable bonds is 4. The molecule has 8 heteroatoms. The Morgan fingerprint density at radius 1 is 1.06 bits per heavy atom. The molecule has 2 N–H and O–H groups in total. The van der Waals surface area contributed by atoms with Gasteiger partial charge in [0.25, 0.3) is 5.91 Å². The molecule has 2 fully saturated rings. The fourth-order valence-corrected chi connectivity index (χ4v) is 5.51. The largest absolute Gasteiger partial charge is 0.508 e. The Balaban J connectivity index is 1.27. The van der Waals surface area contributed by atoms with Crippen molar-refractivity contribution >= 4 is 17.7 Å². The van der Waals surface area contributed by atoms with Crippen LogP contribution in [0.15, 0.2) is 30.3 Å². The van der Waals surface area contributed by atoms with Crippen LogP contribution in [0.25, 0.3) is 0 Å². The summed E-state index contributed by atoms with van der Waals surface area (Å²) in [5.74, 6) is -1.19. The molecular formula is C26H28FN3O4. The maximum Gasteiger partial charge on any atom is 0.255 e. The van der Waals surface area contributed by atoms with Crippen LogP contribution >= 0.6 is 0 Å². The summed E-state index contributed by atoms with van der Waals surface area (Å²) < 4.78 is 15.1. The van der Waals surface area contributed by atoms with Gasteiger partial charge in [0.1, 0.15) is 17.6 Å². The van der Waals surface area contributed by atoms with Crippen LogP contribution in [0, 0.1) is 12.7 Å². The van der Waals surface area contributed by atoms with Gasteiger partial charge >= 0.3 is 0 Å². The fraction of sp³-hybridized carbons (Fsp3) is 0.423. The molecule has 7 nitrogen and oxygen atoms in total. The standard InChI is InChI=1S/C26H28FN3O4/c1-15-8-16(10-19(31)9-15)13-29-6-4-17(5-7-29)20-11-18-14-30(26(34)21(18)12-22(20)27)23-2-3-24(32)28-25(23)33/h8-12,17,23,31H,2-7,13-14H2,1H3,(H,28,32,33). The van der Waals surface area contributed by atoms with Crippen LogP contribution in [0.4, 0.5) is 4.39 Å². The number of aryl methyl sites for hydroxylation is 1. The molecule has 0 aliphatic carbocycles. The molecule has 3 aliphatic rings. The quantitative estimate of drug-likeness (QED) is 0.678. The van der Waals surface area contributed by atoms with Crippen LogP contribution < -0.4 is 5.32 Å². The minimum atomic E-state index is -0.701. The van der Waals surface area contributed by atoms with Gasteiger partial charge in [-0.25, -0.2) is 4.39 Å². The highest BCUT2D eigenvalue weighted by Crippen LogP contribution is 2.35. The lowest BCUT2D eigenvalue weighted by molar-refractivity contribution is -0.136. The van der Waals surface area contributed by atoms with Gasteiger partial charge in [0.2, 0.25) is 11.8 Å². The first-order valence-corrected chi connectivity index (χ1v) is 11.8. The second kappa shape index (κ2) is 8.83. The molecule has 34 heavy (non-hydrogen) atoms. The third kappa shape index (κ3) is 4.30. The summed E-state index contributed by atoms with van der Waals surface area (Å²) in [6.07, 6.45) is 2.09. The van der Waals surface area contributed by atoms with Gasteiger partial charge in [-0.2, -0.15) is 0 Å². The summed E-state index contributed by atoms with van der Waals surface area (Å²) in [5, 5.41) is 12.1. The molecule has 2 saturated heterocycles. The van der Waals surface area contributed by atoms with E-state index in [1.165, 1.54) is 11.0 Å². The van der Waals surface area contributed by atoms with Gasteiger partial charge in [-0.1, -0.05) is 12.1 Å². The molecule has 2 aromatic carbocycles. The molecule has 3 amide bonds. The molecule has 1 atom stereocenters. The van der Waals surface area contributed by atoms with Gasteiger partial charge < -0.3 is 10.0 Å². The number of phenols is 1. The Morgan fingerprint density at radius 3 is 2.53 bits per heavy atom. The van der Waals surface area contributed by atoms with E-state index in [0.29, 0.717) is 11.1 Å². The average molecular weight is 466 g/mol. The number of nitrogens with zero attached hydrogens (tertiary/aromatic N) is 2. The summed E-state index contributed by atoms with van der Waals surface area (Å²) in [7, 11) is 0. The van der Waals surface area contributed by atoms with Crippen LogP contribution in [0.3, 0.4) is 0 Å². The second-order valence-corrected chi connectivity index (χ2v) is 9.66. The number of hydrogen-bond acceptors (Lipinski definition) is 5. The number of hydrogen-bond donors (Lipinski definition) is 2. The number of halogens is 1. The minimum Gasteiger partial charge on any atom is -0.508 e. The molecule has 0 aromatic heterocycles. The van der Waals surface area contributed by atoms with Crippen molar-refractivity contribution in [3.63, 3.8) is 0 Å². The number of nitrogens with one attached hydrogen (secondary N) is 1. The second-order valence-electron chi connectivity index (χ2n) is 9.66. The molecule has 0 spiro atoms. The minimum absolute atomic E-state index is 0.0622. The zero-order chi connectivity index (χ0) is 24.0. The summed E-state index contributed by atoms with van der Waals surface area (Å²) in [6, 6.07) is 8.00. The Bertz CT molecular complexity index is 1150. The van der Waals surface area contributed by atoms with Crippen molar-refractivity contribution < 1.29 is 23.9 Å². The van der Waals surface area contributed by atoms with Gasteiger partial charge in [-0.3, -0.25) is 24.6 Å². The topological polar surface area (TPSA) is 89.9 Å². The van der Waals surface area contributed by atoms with Crippen LogP contribution in [0.1, 0.15) is 64.2 Å². The summed E-state index contributed by atoms with van der Waals surface area (Å²) in [5.41, 5.74) is 3.76. The number of aromatic hydroxyl groups is 1. The number of fused-ring (bicyclic) bond motifs is 1. The Hall–Kier alpha value is -3.26. The Labute approximate surface area is 197 Å². The maximum atomic E-state index is 15.1. The zero-order valence-electron chi connectivity index (χ0n) is 19.1. The van der Waals surface area contributed by atoms with E-state index in [1.54, 1.807) is 18.2 Å². The third-order valence-corrected chi connectivity index (χ3v) is 7.20. The zero-order valence-corrected chi connectivity index (χ0v) is 19.1. The van der Waals surface area contributed by atoms with Gasteiger partial charge in [-0.15, -0.1) is 0 Å². The molecule has 178 valence electrons. The highest BCUT2D eigenvalue weighted by Gasteiger charge is 2.40. The monoisotopic (exact) mass is 465 g/mol. The summed E-state index contributed by atoms with van der Waals surface area (Å²) >= 11 is 0. The SMILES string of the molecule is Cc1cc(O)cc(CN2CCC(c3cc4c(cc3F)C(=O)N(C3CCC(=O)NC3=O)C4)CC2)c1. The van der Waals surface area contributed by atoms with Crippen LogP contribution in [-0.4, -0.2) is 51.8 Å². The summed E-state index contributed by atoms with van der Waals surface area (Å²) in [6.45, 7) is 4.58. The van der Waals surface area contributed by atoms with E-state index < -0.39 is 11.9 Å². The molecule has 3 heterocycles. The van der Waals surface area contributed by atoms with E-state index in [1.807, 2.05) is 6.92 Å². The number of piperidine rings is 2. The molecule has 0 bridgehead atoms. The van der Waals surface area contributed by atoms with Crippen molar-refractivity contribution in [1.29, 1.82) is 0 Å². The van der Waals surface area contributed by atoms with Gasteiger partial charge in [0, 0.05) is 25.1 Å². The van der Waals surface area contributed by atoms with Gasteiger partial charge in [0.05, 0.1) is 0 Å². The van der Waals surface area contributed by atoms with Crippen molar-refractivity contribution in [2.45, 2.75) is 57.7 Å². The Morgan fingerprint density at radius 2 is 1.82 bits per heavy atom. The number of amides is 3. The number of likely N-dealkylation sites (tertiary alicyclic amines) is 1. The number of carbonyl (C=O) groups excluding carboxylic acids is 3. The van der Waals surface area contributed by atoms with Gasteiger partial charge in [0.15, 0.2) is 0 Å².